The number of morpholine rings is 1. The lowest BCUT2D eigenvalue weighted by Crippen LogP contribution is -2.46. The van der Waals surface area contributed by atoms with Crippen molar-refractivity contribution >= 4 is 17.5 Å². The molecule has 3 heterocycles. The van der Waals surface area contributed by atoms with Crippen molar-refractivity contribution in [1.29, 1.82) is 0 Å². The molecule has 2 aromatic heterocycles. The van der Waals surface area contributed by atoms with Crippen molar-refractivity contribution in [3.8, 4) is 5.75 Å². The van der Waals surface area contributed by atoms with Gasteiger partial charge >= 0.3 is 0 Å². The van der Waals surface area contributed by atoms with E-state index in [0.29, 0.717) is 38.7 Å². The van der Waals surface area contributed by atoms with Crippen LogP contribution >= 0.6 is 0 Å². The van der Waals surface area contributed by atoms with E-state index in [4.69, 9.17) is 9.47 Å². The minimum atomic E-state index is -0.256. The summed E-state index contributed by atoms with van der Waals surface area (Å²) in [5, 5.41) is 3.11. The monoisotopic (exact) mass is 448 g/mol. The van der Waals surface area contributed by atoms with E-state index in [0.717, 1.165) is 22.7 Å². The summed E-state index contributed by atoms with van der Waals surface area (Å²) in [7, 11) is 3.59. The van der Waals surface area contributed by atoms with Crippen molar-refractivity contribution in [2.24, 2.45) is 0 Å². The Morgan fingerprint density at radius 3 is 2.82 bits per heavy atom. The summed E-state index contributed by atoms with van der Waals surface area (Å²) in [4.78, 5) is 29.6. The van der Waals surface area contributed by atoms with Crippen LogP contribution in [0.5, 0.6) is 5.75 Å². The summed E-state index contributed by atoms with van der Waals surface area (Å²) in [6, 6.07) is 13.5. The summed E-state index contributed by atoms with van der Waals surface area (Å²) in [5.41, 5.74) is 2.67. The number of likely N-dealkylation sites (N-methyl/N-ethyl adjacent to an activating group) is 1. The maximum absolute atomic E-state index is 12.9. The number of rotatable bonds is 8. The van der Waals surface area contributed by atoms with Crippen molar-refractivity contribution in [2.45, 2.75) is 12.6 Å². The van der Waals surface area contributed by atoms with E-state index in [1.54, 1.807) is 31.8 Å². The van der Waals surface area contributed by atoms with Gasteiger partial charge in [-0.25, -0.2) is 9.97 Å². The fourth-order valence-corrected chi connectivity index (χ4v) is 3.69. The Morgan fingerprint density at radius 1 is 1.21 bits per heavy atom. The Balaban J connectivity index is 1.31. The molecule has 33 heavy (non-hydrogen) atoms. The number of aromatic nitrogens is 3. The molecule has 1 aromatic carbocycles. The maximum atomic E-state index is 12.9. The maximum Gasteiger partial charge on any atom is 0.236 e. The van der Waals surface area contributed by atoms with Gasteiger partial charge in [0.15, 0.2) is 0 Å². The minimum Gasteiger partial charge on any atom is -0.497 e. The van der Waals surface area contributed by atoms with E-state index < -0.39 is 0 Å². The number of nitrogens with zero attached hydrogens (tertiary/aromatic N) is 5. The van der Waals surface area contributed by atoms with Gasteiger partial charge in [0, 0.05) is 25.5 Å². The van der Waals surface area contributed by atoms with Gasteiger partial charge in [0.1, 0.15) is 11.9 Å². The molecule has 1 saturated heterocycles. The predicted molar refractivity (Wildman–Crippen MR) is 124 cm³/mol. The summed E-state index contributed by atoms with van der Waals surface area (Å²) < 4.78 is 11.2. The molecule has 1 atom stereocenters. The average Bonchev–Trinajstić information content (AvgIpc) is 2.85. The van der Waals surface area contributed by atoms with Crippen molar-refractivity contribution in [3.05, 3.63) is 72.3 Å². The SMILES string of the molecule is COc1cccc(CN(C)CC(=O)N2CCO[C@H](c3ccc(Nc4ncccn4)cn3)C2)c1. The number of anilines is 2. The minimum absolute atomic E-state index is 0.0770. The van der Waals surface area contributed by atoms with E-state index in [-0.39, 0.29) is 12.0 Å². The summed E-state index contributed by atoms with van der Waals surface area (Å²) in [6.45, 7) is 2.53. The molecule has 4 rings (SSSR count). The molecule has 3 aromatic rings. The third-order valence-corrected chi connectivity index (χ3v) is 5.35. The van der Waals surface area contributed by atoms with Gasteiger partial charge in [-0.3, -0.25) is 14.7 Å². The van der Waals surface area contributed by atoms with Gasteiger partial charge in [-0.05, 0) is 42.9 Å². The Hall–Kier alpha value is -3.56. The highest BCUT2D eigenvalue weighted by Gasteiger charge is 2.26. The number of methoxy groups -OCH3 is 1. The molecule has 0 saturated carbocycles. The van der Waals surface area contributed by atoms with Crippen LogP contribution in [0.4, 0.5) is 11.6 Å². The standard InChI is InChI=1S/C24H28N6O3/c1-29(15-18-5-3-6-20(13-18)32-2)17-23(31)30-11-12-33-22(16-30)21-8-7-19(14-27-21)28-24-25-9-4-10-26-24/h3-10,13-14,22H,11-12,15-17H2,1-2H3,(H,25,26,28)/t22-/m0/s1. The first-order valence-corrected chi connectivity index (χ1v) is 10.8. The normalized spacial score (nSPS) is 16.0. The largest absolute Gasteiger partial charge is 0.497 e. The number of carbonyl (C=O) groups excluding carboxylic acids is 1. The second-order valence-corrected chi connectivity index (χ2v) is 7.89. The topological polar surface area (TPSA) is 92.7 Å². The van der Waals surface area contributed by atoms with E-state index in [1.807, 2.05) is 53.2 Å². The average molecular weight is 449 g/mol. The Kier molecular flexibility index (Phi) is 7.43. The van der Waals surface area contributed by atoms with E-state index in [9.17, 15) is 4.79 Å². The van der Waals surface area contributed by atoms with E-state index in [1.165, 1.54) is 0 Å². The van der Waals surface area contributed by atoms with Crippen LogP contribution in [0, 0.1) is 0 Å². The fourth-order valence-electron chi connectivity index (χ4n) is 3.69. The molecule has 172 valence electrons. The van der Waals surface area contributed by atoms with Crippen molar-refractivity contribution in [1.82, 2.24) is 24.8 Å². The highest BCUT2D eigenvalue weighted by Crippen LogP contribution is 2.22. The molecular weight excluding hydrogens is 420 g/mol. The third-order valence-electron chi connectivity index (χ3n) is 5.35. The van der Waals surface area contributed by atoms with Gasteiger partial charge in [-0.2, -0.15) is 0 Å². The smallest absolute Gasteiger partial charge is 0.236 e. The van der Waals surface area contributed by atoms with E-state index >= 15 is 0 Å². The first kappa shape index (κ1) is 22.6. The number of pyridine rings is 1. The number of hydrogen-bond acceptors (Lipinski definition) is 8. The molecule has 9 heteroatoms. The van der Waals surface area contributed by atoms with Crippen LogP contribution in [-0.2, 0) is 16.1 Å². The van der Waals surface area contributed by atoms with Crippen molar-refractivity contribution < 1.29 is 14.3 Å². The zero-order valence-electron chi connectivity index (χ0n) is 18.8. The quantitative estimate of drug-likeness (QED) is 0.562. The van der Waals surface area contributed by atoms with E-state index in [2.05, 4.69) is 20.3 Å². The van der Waals surface area contributed by atoms with Gasteiger partial charge in [0.25, 0.3) is 0 Å². The van der Waals surface area contributed by atoms with Crippen LogP contribution in [-0.4, -0.2) is 71.1 Å². The van der Waals surface area contributed by atoms with Gasteiger partial charge < -0.3 is 19.7 Å². The van der Waals surface area contributed by atoms with Crippen LogP contribution < -0.4 is 10.1 Å². The van der Waals surface area contributed by atoms with Gasteiger partial charge in [0.05, 0.1) is 44.4 Å². The molecule has 1 amide bonds. The zero-order valence-corrected chi connectivity index (χ0v) is 18.8. The molecule has 0 spiro atoms. The zero-order chi connectivity index (χ0) is 23.0. The molecule has 0 bridgehead atoms. The molecule has 1 N–H and O–H groups in total. The van der Waals surface area contributed by atoms with Crippen molar-refractivity contribution in [2.75, 3.05) is 45.7 Å². The first-order chi connectivity index (χ1) is 16.1. The second kappa shape index (κ2) is 10.8. The summed E-state index contributed by atoms with van der Waals surface area (Å²) >= 11 is 0. The number of amides is 1. The number of carbonyl (C=O) groups is 1. The Bertz CT molecular complexity index is 1050. The number of benzene rings is 1. The highest BCUT2D eigenvalue weighted by molar-refractivity contribution is 5.78. The highest BCUT2D eigenvalue weighted by atomic mass is 16.5. The molecule has 9 nitrogen and oxygen atoms in total. The molecule has 0 radical (unpaired) electrons. The number of hydrogen-bond donors (Lipinski definition) is 1. The predicted octanol–water partition coefficient (Wildman–Crippen LogP) is 2.66. The van der Waals surface area contributed by atoms with Crippen LogP contribution in [0.15, 0.2) is 61.1 Å². The number of nitrogens with one attached hydrogen (secondary N) is 1. The van der Waals surface area contributed by atoms with Gasteiger partial charge in [0.2, 0.25) is 11.9 Å². The van der Waals surface area contributed by atoms with Gasteiger partial charge in [-0.15, -0.1) is 0 Å². The lowest BCUT2D eigenvalue weighted by molar-refractivity contribution is -0.140. The molecule has 1 fully saturated rings. The molecule has 1 aliphatic heterocycles. The van der Waals surface area contributed by atoms with Crippen LogP contribution in [0.25, 0.3) is 0 Å². The summed E-state index contributed by atoms with van der Waals surface area (Å²) in [5.74, 6) is 1.40. The first-order valence-electron chi connectivity index (χ1n) is 10.8. The second-order valence-electron chi connectivity index (χ2n) is 7.89. The lowest BCUT2D eigenvalue weighted by atomic mass is 10.1. The van der Waals surface area contributed by atoms with Crippen LogP contribution in [0.3, 0.4) is 0 Å². The fraction of sp³-hybridized carbons (Fsp3) is 0.333. The van der Waals surface area contributed by atoms with Crippen LogP contribution in [0.1, 0.15) is 17.4 Å². The Morgan fingerprint density at radius 2 is 2.06 bits per heavy atom. The molecular formula is C24H28N6O3. The number of ether oxygens (including phenoxy) is 2. The molecule has 0 unspecified atom stereocenters. The third kappa shape index (κ3) is 6.24. The lowest BCUT2D eigenvalue weighted by Gasteiger charge is -2.33. The summed E-state index contributed by atoms with van der Waals surface area (Å²) in [6.07, 6.45) is 4.81. The Labute approximate surface area is 193 Å². The van der Waals surface area contributed by atoms with Crippen LogP contribution in [0.2, 0.25) is 0 Å². The molecule has 0 aliphatic carbocycles. The van der Waals surface area contributed by atoms with Gasteiger partial charge in [-0.1, -0.05) is 12.1 Å². The molecule has 1 aliphatic rings. The van der Waals surface area contributed by atoms with Crippen molar-refractivity contribution in [3.63, 3.8) is 0 Å².